The molecule has 0 saturated carbocycles. The summed E-state index contributed by atoms with van der Waals surface area (Å²) in [5.41, 5.74) is 3.78. The number of carbonyl (C=O) groups excluding carboxylic acids is 1. The maximum Gasteiger partial charge on any atom is 0.270 e. The van der Waals surface area contributed by atoms with Crippen LogP contribution in [0.2, 0.25) is 0 Å². The maximum absolute atomic E-state index is 12.9. The molecule has 0 aromatic heterocycles. The molecule has 0 aliphatic rings. The minimum absolute atomic E-state index is 0.124. The van der Waals surface area contributed by atoms with E-state index in [9.17, 15) is 23.3 Å². The molecule has 0 aliphatic heterocycles. The topological polar surface area (TPSA) is 134 Å². The fourth-order valence-electron chi connectivity index (χ4n) is 2.67. The zero-order chi connectivity index (χ0) is 22.3. The number of rotatable bonds is 9. The third-order valence-electron chi connectivity index (χ3n) is 4.13. The molecule has 0 unspecified atom stereocenters. The molecule has 2 rings (SSSR count). The SMILES string of the molecule is CCN(CC)S(=O)(=O)c1cc([N+](=O)[O-])ccc1N/N=C/c1ccc(NC(C)=O)cc1. The summed E-state index contributed by atoms with van der Waals surface area (Å²) in [5, 5.41) is 17.8. The number of nitrogens with one attached hydrogen (secondary N) is 2. The molecular formula is C19H23N5O5S. The highest BCUT2D eigenvalue weighted by Crippen LogP contribution is 2.29. The van der Waals surface area contributed by atoms with Gasteiger partial charge in [-0.05, 0) is 23.8 Å². The van der Waals surface area contributed by atoms with Crippen molar-refractivity contribution in [3.8, 4) is 0 Å². The molecule has 0 bridgehead atoms. The molecule has 1 amide bonds. The van der Waals surface area contributed by atoms with Crippen LogP contribution in [0.15, 0.2) is 52.5 Å². The summed E-state index contributed by atoms with van der Waals surface area (Å²) in [5.74, 6) is -0.182. The number of carbonyl (C=O) groups is 1. The third-order valence-corrected chi connectivity index (χ3v) is 6.22. The van der Waals surface area contributed by atoms with Gasteiger partial charge in [0, 0.05) is 37.8 Å². The van der Waals surface area contributed by atoms with Crippen LogP contribution in [-0.4, -0.2) is 42.9 Å². The molecule has 0 atom stereocenters. The average molecular weight is 433 g/mol. The highest BCUT2D eigenvalue weighted by molar-refractivity contribution is 7.89. The van der Waals surface area contributed by atoms with Crippen molar-refractivity contribution in [2.24, 2.45) is 5.10 Å². The van der Waals surface area contributed by atoms with E-state index in [0.29, 0.717) is 11.3 Å². The van der Waals surface area contributed by atoms with E-state index in [0.717, 1.165) is 6.07 Å². The summed E-state index contributed by atoms with van der Waals surface area (Å²) in [4.78, 5) is 21.3. The van der Waals surface area contributed by atoms with E-state index in [1.54, 1.807) is 38.1 Å². The van der Waals surface area contributed by atoms with E-state index >= 15 is 0 Å². The molecule has 160 valence electrons. The number of anilines is 2. The number of hydrogen-bond donors (Lipinski definition) is 2. The van der Waals surface area contributed by atoms with Crippen LogP contribution in [0.3, 0.4) is 0 Å². The van der Waals surface area contributed by atoms with Gasteiger partial charge >= 0.3 is 0 Å². The predicted octanol–water partition coefficient (Wildman–Crippen LogP) is 3.03. The lowest BCUT2D eigenvalue weighted by Crippen LogP contribution is -2.31. The molecule has 0 saturated heterocycles. The first-order valence-corrected chi connectivity index (χ1v) is 10.6. The molecule has 2 aromatic carbocycles. The molecule has 30 heavy (non-hydrogen) atoms. The number of nitro benzene ring substituents is 1. The fraction of sp³-hybridized carbons (Fsp3) is 0.263. The number of benzene rings is 2. The Balaban J connectivity index is 2.31. The van der Waals surface area contributed by atoms with Crippen molar-refractivity contribution in [2.75, 3.05) is 23.8 Å². The van der Waals surface area contributed by atoms with Gasteiger partial charge in [0.1, 0.15) is 4.90 Å². The summed E-state index contributed by atoms with van der Waals surface area (Å²) >= 11 is 0. The Morgan fingerprint density at radius 2 is 1.80 bits per heavy atom. The van der Waals surface area contributed by atoms with Crippen LogP contribution in [0.1, 0.15) is 26.3 Å². The Morgan fingerprint density at radius 3 is 2.33 bits per heavy atom. The Morgan fingerprint density at radius 1 is 1.17 bits per heavy atom. The molecule has 2 N–H and O–H groups in total. The Bertz CT molecular complexity index is 1050. The predicted molar refractivity (Wildman–Crippen MR) is 115 cm³/mol. The van der Waals surface area contributed by atoms with Crippen molar-refractivity contribution < 1.29 is 18.1 Å². The number of nitrogens with zero attached hydrogens (tertiary/aromatic N) is 3. The first kappa shape index (κ1) is 23.0. The van der Waals surface area contributed by atoms with E-state index in [1.807, 2.05) is 0 Å². The standard InChI is InChI=1S/C19H23N5O5S/c1-4-23(5-2)30(28,29)19-12-17(24(26)27)10-11-18(19)22-20-13-15-6-8-16(9-7-15)21-14(3)25/h6-13,22H,4-5H2,1-3H3,(H,21,25)/b20-13+. The van der Waals surface area contributed by atoms with E-state index in [2.05, 4.69) is 15.8 Å². The van der Waals surface area contributed by atoms with Crippen LogP contribution in [-0.2, 0) is 14.8 Å². The van der Waals surface area contributed by atoms with E-state index in [4.69, 9.17) is 0 Å². The van der Waals surface area contributed by atoms with Gasteiger partial charge in [0.25, 0.3) is 5.69 Å². The van der Waals surface area contributed by atoms with Crippen LogP contribution in [0, 0.1) is 10.1 Å². The van der Waals surface area contributed by atoms with Crippen LogP contribution in [0.25, 0.3) is 0 Å². The molecule has 2 aromatic rings. The number of hydrazone groups is 1. The molecule has 0 aliphatic carbocycles. The largest absolute Gasteiger partial charge is 0.326 e. The fourth-order valence-corrected chi connectivity index (χ4v) is 4.28. The van der Waals surface area contributed by atoms with Crippen molar-refractivity contribution >= 4 is 39.2 Å². The zero-order valence-electron chi connectivity index (χ0n) is 16.8. The smallest absolute Gasteiger partial charge is 0.270 e. The van der Waals surface area contributed by atoms with Crippen molar-refractivity contribution in [1.82, 2.24) is 4.31 Å². The monoisotopic (exact) mass is 433 g/mol. The maximum atomic E-state index is 12.9. The molecule has 10 nitrogen and oxygen atoms in total. The van der Waals surface area contributed by atoms with Gasteiger partial charge in [-0.3, -0.25) is 20.3 Å². The van der Waals surface area contributed by atoms with Crippen molar-refractivity contribution in [3.63, 3.8) is 0 Å². The summed E-state index contributed by atoms with van der Waals surface area (Å²) in [6.45, 7) is 5.24. The Kier molecular flexibility index (Phi) is 7.61. The summed E-state index contributed by atoms with van der Waals surface area (Å²) < 4.78 is 27.1. The summed E-state index contributed by atoms with van der Waals surface area (Å²) in [6.07, 6.45) is 1.47. The lowest BCUT2D eigenvalue weighted by atomic mass is 10.2. The lowest BCUT2D eigenvalue weighted by molar-refractivity contribution is -0.385. The van der Waals surface area contributed by atoms with Gasteiger partial charge in [-0.2, -0.15) is 9.41 Å². The van der Waals surface area contributed by atoms with Crippen LogP contribution in [0.5, 0.6) is 0 Å². The van der Waals surface area contributed by atoms with E-state index < -0.39 is 14.9 Å². The van der Waals surface area contributed by atoms with Gasteiger partial charge < -0.3 is 5.32 Å². The molecular weight excluding hydrogens is 410 g/mol. The van der Waals surface area contributed by atoms with Crippen molar-refractivity contribution in [2.45, 2.75) is 25.7 Å². The van der Waals surface area contributed by atoms with E-state index in [1.165, 1.54) is 29.6 Å². The average Bonchev–Trinajstić information content (AvgIpc) is 2.69. The number of nitro groups is 1. The van der Waals surface area contributed by atoms with Gasteiger partial charge in [0.15, 0.2) is 0 Å². The zero-order valence-corrected chi connectivity index (χ0v) is 17.6. The molecule has 0 spiro atoms. The number of amides is 1. The minimum Gasteiger partial charge on any atom is -0.326 e. The third kappa shape index (κ3) is 5.61. The van der Waals surface area contributed by atoms with Gasteiger partial charge in [-0.25, -0.2) is 8.42 Å². The summed E-state index contributed by atoms with van der Waals surface area (Å²) in [7, 11) is -3.95. The van der Waals surface area contributed by atoms with Gasteiger partial charge in [-0.15, -0.1) is 0 Å². The van der Waals surface area contributed by atoms with Crippen molar-refractivity contribution in [1.29, 1.82) is 0 Å². The second-order valence-corrected chi connectivity index (χ2v) is 8.11. The van der Waals surface area contributed by atoms with Gasteiger partial charge in [-0.1, -0.05) is 26.0 Å². The van der Waals surface area contributed by atoms with Crippen LogP contribution in [0.4, 0.5) is 17.1 Å². The first-order valence-electron chi connectivity index (χ1n) is 9.14. The number of sulfonamides is 1. The highest BCUT2D eigenvalue weighted by Gasteiger charge is 2.27. The van der Waals surface area contributed by atoms with Crippen LogP contribution >= 0.6 is 0 Å². The highest BCUT2D eigenvalue weighted by atomic mass is 32.2. The second-order valence-electron chi connectivity index (χ2n) is 6.20. The normalized spacial score (nSPS) is 11.6. The number of hydrogen-bond acceptors (Lipinski definition) is 7. The molecule has 0 heterocycles. The van der Waals surface area contributed by atoms with Crippen LogP contribution < -0.4 is 10.7 Å². The van der Waals surface area contributed by atoms with Gasteiger partial charge in [0.2, 0.25) is 15.9 Å². The van der Waals surface area contributed by atoms with Crippen molar-refractivity contribution in [3.05, 3.63) is 58.1 Å². The minimum atomic E-state index is -3.95. The molecule has 0 radical (unpaired) electrons. The summed E-state index contributed by atoms with van der Waals surface area (Å²) in [6, 6.07) is 10.4. The quantitative estimate of drug-likeness (QED) is 0.355. The van der Waals surface area contributed by atoms with E-state index in [-0.39, 0.29) is 35.3 Å². The first-order chi connectivity index (χ1) is 14.2. The molecule has 11 heteroatoms. The Hall–Kier alpha value is -3.31. The second kappa shape index (κ2) is 9.94. The number of non-ortho nitro benzene ring substituents is 1. The lowest BCUT2D eigenvalue weighted by Gasteiger charge is -2.20. The van der Waals surface area contributed by atoms with Gasteiger partial charge in [0.05, 0.1) is 16.8 Å². The Labute approximate surface area is 174 Å². The molecule has 0 fully saturated rings.